The summed E-state index contributed by atoms with van der Waals surface area (Å²) < 4.78 is 16.3. The number of methoxy groups -OCH3 is 2. The van der Waals surface area contributed by atoms with Crippen LogP contribution in [-0.2, 0) is 14.3 Å². The molecule has 1 aromatic rings. The Kier molecular flexibility index (Phi) is 7.24. The summed E-state index contributed by atoms with van der Waals surface area (Å²) >= 11 is 0. The summed E-state index contributed by atoms with van der Waals surface area (Å²) in [6, 6.07) is 5.42. The molecule has 2 saturated heterocycles. The number of imide groups is 1. The molecule has 0 aromatic heterocycles. The van der Waals surface area contributed by atoms with E-state index in [0.29, 0.717) is 66.5 Å². The smallest absolute Gasteiger partial charge is 0.277 e. The summed E-state index contributed by atoms with van der Waals surface area (Å²) in [5, 5.41) is 0. The van der Waals surface area contributed by atoms with Gasteiger partial charge in [0.2, 0.25) is 0 Å². The van der Waals surface area contributed by atoms with E-state index in [4.69, 9.17) is 14.2 Å². The molecule has 0 aliphatic carbocycles. The first-order valence-electron chi connectivity index (χ1n) is 11.8. The predicted molar refractivity (Wildman–Crippen MR) is 125 cm³/mol. The van der Waals surface area contributed by atoms with E-state index in [1.54, 1.807) is 26.4 Å². The van der Waals surface area contributed by atoms with Crippen LogP contribution in [0.15, 0.2) is 23.9 Å². The molecular weight excluding hydrogens is 422 g/mol. The zero-order valence-electron chi connectivity index (χ0n) is 20.1. The van der Waals surface area contributed by atoms with Gasteiger partial charge in [-0.05, 0) is 36.0 Å². The lowest BCUT2D eigenvalue weighted by Gasteiger charge is -2.37. The molecule has 8 heteroatoms. The van der Waals surface area contributed by atoms with Gasteiger partial charge >= 0.3 is 0 Å². The van der Waals surface area contributed by atoms with Crippen LogP contribution in [0.1, 0.15) is 25.8 Å². The summed E-state index contributed by atoms with van der Waals surface area (Å²) in [5.74, 6) is 1.61. The van der Waals surface area contributed by atoms with Crippen LogP contribution in [0, 0.1) is 11.8 Å². The van der Waals surface area contributed by atoms with Gasteiger partial charge in [-0.3, -0.25) is 19.4 Å². The Morgan fingerprint density at radius 1 is 0.939 bits per heavy atom. The summed E-state index contributed by atoms with van der Waals surface area (Å²) in [6.45, 7) is 9.99. The second-order valence-electron chi connectivity index (χ2n) is 9.36. The lowest BCUT2D eigenvalue weighted by molar-refractivity contribution is -0.138. The van der Waals surface area contributed by atoms with Crippen molar-refractivity contribution in [3.8, 4) is 11.5 Å². The average molecular weight is 458 g/mol. The van der Waals surface area contributed by atoms with Gasteiger partial charge in [-0.15, -0.1) is 0 Å². The lowest BCUT2D eigenvalue weighted by atomic mass is 9.91. The molecule has 3 aliphatic rings. The van der Waals surface area contributed by atoms with Crippen LogP contribution in [0.25, 0.3) is 5.57 Å². The zero-order chi connectivity index (χ0) is 23.5. The number of likely N-dealkylation sites (tertiary alicyclic amines) is 1. The summed E-state index contributed by atoms with van der Waals surface area (Å²) in [6.07, 6.45) is 1.12. The maximum atomic E-state index is 13.7. The molecular formula is C25H35N3O5. The first-order valence-corrected chi connectivity index (χ1v) is 11.8. The SMILES string of the molecule is COc1ccc(C2=C(N3CC(C)CC(C)C3)C(=O)N(CCN3CCOCC3)C2=O)cc1OC. The molecule has 3 heterocycles. The molecule has 3 aliphatic heterocycles. The lowest BCUT2D eigenvalue weighted by Crippen LogP contribution is -2.45. The highest BCUT2D eigenvalue weighted by molar-refractivity contribution is 6.35. The molecule has 180 valence electrons. The Morgan fingerprint density at radius 3 is 2.24 bits per heavy atom. The van der Waals surface area contributed by atoms with Crippen molar-refractivity contribution in [2.45, 2.75) is 20.3 Å². The third-order valence-electron chi connectivity index (χ3n) is 6.74. The molecule has 2 fully saturated rings. The van der Waals surface area contributed by atoms with E-state index in [9.17, 15) is 9.59 Å². The molecule has 33 heavy (non-hydrogen) atoms. The second-order valence-corrected chi connectivity index (χ2v) is 9.36. The van der Waals surface area contributed by atoms with Gasteiger partial charge in [0.1, 0.15) is 5.70 Å². The molecule has 0 N–H and O–H groups in total. The van der Waals surface area contributed by atoms with E-state index in [2.05, 4.69) is 23.6 Å². The second kappa shape index (κ2) is 10.1. The van der Waals surface area contributed by atoms with Crippen LogP contribution < -0.4 is 9.47 Å². The highest BCUT2D eigenvalue weighted by atomic mass is 16.5. The Bertz CT molecular complexity index is 915. The number of carbonyl (C=O) groups excluding carboxylic acids is 2. The normalized spacial score (nSPS) is 24.6. The van der Waals surface area contributed by atoms with Gasteiger partial charge < -0.3 is 19.1 Å². The largest absolute Gasteiger partial charge is 0.493 e. The number of hydrogen-bond acceptors (Lipinski definition) is 7. The standard InChI is InChI=1S/C25H35N3O5/c1-17-13-18(2)16-27(15-17)23-22(19-5-6-20(31-3)21(14-19)32-4)24(29)28(25(23)30)8-7-26-9-11-33-12-10-26/h5-6,14,17-18H,7-13,15-16H2,1-4H3. The molecule has 0 spiro atoms. The number of amides is 2. The zero-order valence-corrected chi connectivity index (χ0v) is 20.1. The highest BCUT2D eigenvalue weighted by Gasteiger charge is 2.43. The van der Waals surface area contributed by atoms with E-state index in [0.717, 1.165) is 32.6 Å². The van der Waals surface area contributed by atoms with Crippen LogP contribution in [0.2, 0.25) is 0 Å². The summed E-state index contributed by atoms with van der Waals surface area (Å²) in [5.41, 5.74) is 1.66. The van der Waals surface area contributed by atoms with Gasteiger partial charge in [-0.25, -0.2) is 0 Å². The van der Waals surface area contributed by atoms with Gasteiger partial charge in [0.15, 0.2) is 11.5 Å². The monoisotopic (exact) mass is 457 g/mol. The molecule has 2 unspecified atom stereocenters. The first-order chi connectivity index (χ1) is 15.9. The van der Waals surface area contributed by atoms with Crippen LogP contribution in [-0.4, -0.2) is 93.2 Å². The Morgan fingerprint density at radius 2 is 1.61 bits per heavy atom. The maximum absolute atomic E-state index is 13.7. The van der Waals surface area contributed by atoms with E-state index in [1.165, 1.54) is 4.90 Å². The van der Waals surface area contributed by atoms with Crippen molar-refractivity contribution in [3.05, 3.63) is 29.5 Å². The van der Waals surface area contributed by atoms with Crippen molar-refractivity contribution in [1.82, 2.24) is 14.7 Å². The fourth-order valence-corrected chi connectivity index (χ4v) is 5.22. The molecule has 1 aromatic carbocycles. The van der Waals surface area contributed by atoms with Gasteiger partial charge in [-0.2, -0.15) is 0 Å². The van der Waals surface area contributed by atoms with Crippen molar-refractivity contribution < 1.29 is 23.8 Å². The molecule has 2 atom stereocenters. The summed E-state index contributed by atoms with van der Waals surface area (Å²) in [4.78, 5) is 33.1. The fraction of sp³-hybridized carbons (Fsp3) is 0.600. The van der Waals surface area contributed by atoms with E-state index in [1.807, 2.05) is 6.07 Å². The van der Waals surface area contributed by atoms with Crippen LogP contribution in [0.4, 0.5) is 0 Å². The summed E-state index contributed by atoms with van der Waals surface area (Å²) in [7, 11) is 3.15. The van der Waals surface area contributed by atoms with Gasteiger partial charge in [0, 0.05) is 39.3 Å². The number of benzene rings is 1. The van der Waals surface area contributed by atoms with Crippen molar-refractivity contribution in [1.29, 1.82) is 0 Å². The van der Waals surface area contributed by atoms with E-state index < -0.39 is 0 Å². The Hall–Kier alpha value is -2.58. The Labute approximate surface area is 196 Å². The first kappa shape index (κ1) is 23.6. The molecule has 0 bridgehead atoms. The van der Waals surface area contributed by atoms with Gasteiger partial charge in [-0.1, -0.05) is 19.9 Å². The third kappa shape index (κ3) is 4.87. The van der Waals surface area contributed by atoms with Crippen molar-refractivity contribution in [2.75, 3.05) is 66.7 Å². The maximum Gasteiger partial charge on any atom is 0.277 e. The van der Waals surface area contributed by atoms with Crippen molar-refractivity contribution in [3.63, 3.8) is 0 Å². The quantitative estimate of drug-likeness (QED) is 0.581. The van der Waals surface area contributed by atoms with Crippen molar-refractivity contribution in [2.24, 2.45) is 11.8 Å². The Balaban J connectivity index is 1.68. The number of piperidine rings is 1. The fourth-order valence-electron chi connectivity index (χ4n) is 5.22. The molecule has 4 rings (SSSR count). The van der Waals surface area contributed by atoms with Gasteiger partial charge in [0.25, 0.3) is 11.8 Å². The van der Waals surface area contributed by atoms with E-state index in [-0.39, 0.29) is 11.8 Å². The van der Waals surface area contributed by atoms with Gasteiger partial charge in [0.05, 0.1) is 33.0 Å². The number of rotatable bonds is 7. The molecule has 0 saturated carbocycles. The topological polar surface area (TPSA) is 71.5 Å². The number of nitrogens with zero attached hydrogens (tertiary/aromatic N) is 3. The molecule has 8 nitrogen and oxygen atoms in total. The van der Waals surface area contributed by atoms with Crippen LogP contribution in [0.5, 0.6) is 11.5 Å². The minimum atomic E-state index is -0.235. The highest BCUT2D eigenvalue weighted by Crippen LogP contribution is 2.38. The van der Waals surface area contributed by atoms with Crippen molar-refractivity contribution >= 4 is 17.4 Å². The third-order valence-corrected chi connectivity index (χ3v) is 6.74. The molecule has 0 radical (unpaired) electrons. The number of ether oxygens (including phenoxy) is 3. The average Bonchev–Trinajstić information content (AvgIpc) is 3.06. The minimum Gasteiger partial charge on any atom is -0.493 e. The van der Waals surface area contributed by atoms with E-state index >= 15 is 0 Å². The number of hydrogen-bond donors (Lipinski definition) is 0. The minimum absolute atomic E-state index is 0.195. The number of carbonyl (C=O) groups is 2. The molecule has 2 amide bonds. The predicted octanol–water partition coefficient (Wildman–Crippen LogP) is 2.09. The number of morpholine rings is 1. The van der Waals surface area contributed by atoms with Crippen LogP contribution >= 0.6 is 0 Å². The van der Waals surface area contributed by atoms with Crippen LogP contribution in [0.3, 0.4) is 0 Å².